The Bertz CT molecular complexity index is 880. The number of hydrogen-bond donors (Lipinski definition) is 0. The van der Waals surface area contributed by atoms with Gasteiger partial charge in [-0.1, -0.05) is 48.5 Å². The topological polar surface area (TPSA) is 30.7 Å². The van der Waals surface area contributed by atoms with Crippen LogP contribution in [0.2, 0.25) is 0 Å². The maximum absolute atomic E-state index is 4.78. The number of rotatable bonds is 2. The van der Waals surface area contributed by atoms with Crippen molar-refractivity contribution in [1.29, 1.82) is 0 Å². The summed E-state index contributed by atoms with van der Waals surface area (Å²) in [4.78, 5) is 9.26. The number of nitrogens with zero attached hydrogens (tertiary/aromatic N) is 3. The van der Waals surface area contributed by atoms with Gasteiger partial charge in [-0.3, -0.25) is 4.57 Å². The first-order chi connectivity index (χ1) is 10.4. The molecule has 0 bridgehead atoms. The van der Waals surface area contributed by atoms with Gasteiger partial charge in [0.1, 0.15) is 11.6 Å². The molecule has 0 spiro atoms. The van der Waals surface area contributed by atoms with E-state index in [2.05, 4.69) is 27.8 Å². The highest BCUT2D eigenvalue weighted by Gasteiger charge is 2.13. The van der Waals surface area contributed by atoms with E-state index < -0.39 is 0 Å². The number of para-hydroxylation sites is 2. The fourth-order valence-electron chi connectivity index (χ4n) is 2.52. The lowest BCUT2D eigenvalue weighted by Crippen LogP contribution is -1.99. The van der Waals surface area contributed by atoms with Crippen LogP contribution in [0.4, 0.5) is 0 Å². The molecule has 2 heterocycles. The van der Waals surface area contributed by atoms with Gasteiger partial charge in [0.25, 0.3) is 0 Å². The molecule has 0 fully saturated rings. The number of fused-ring (bicyclic) bond motifs is 1. The van der Waals surface area contributed by atoms with E-state index in [0.29, 0.717) is 0 Å². The summed E-state index contributed by atoms with van der Waals surface area (Å²) in [6.45, 7) is 0. The quantitative estimate of drug-likeness (QED) is 0.550. The van der Waals surface area contributed by atoms with E-state index in [0.717, 1.165) is 28.2 Å². The van der Waals surface area contributed by atoms with Crippen LogP contribution in [0.25, 0.3) is 28.2 Å². The van der Waals surface area contributed by atoms with Crippen molar-refractivity contribution in [2.45, 2.75) is 0 Å². The summed E-state index contributed by atoms with van der Waals surface area (Å²) in [5.41, 5.74) is 3.12. The Hall–Kier alpha value is -2.94. The minimum Gasteiger partial charge on any atom is -0.276 e. The molecule has 2 aromatic heterocycles. The maximum atomic E-state index is 4.78. The molecule has 3 nitrogen and oxygen atoms in total. The molecular formula is C18H13N3. The molecule has 0 amide bonds. The number of aromatic nitrogens is 3. The highest BCUT2D eigenvalue weighted by Crippen LogP contribution is 2.27. The third-order valence-corrected chi connectivity index (χ3v) is 3.47. The minimum atomic E-state index is 0.880. The van der Waals surface area contributed by atoms with Crippen molar-refractivity contribution in [3.05, 3.63) is 79.0 Å². The molecule has 3 heteroatoms. The lowest BCUT2D eigenvalue weighted by Gasteiger charge is -2.08. The molecule has 0 atom stereocenters. The summed E-state index contributed by atoms with van der Waals surface area (Å²) in [6.07, 6.45) is 1.80. The van der Waals surface area contributed by atoms with Crippen LogP contribution in [-0.2, 0) is 0 Å². The molecule has 0 N–H and O–H groups in total. The van der Waals surface area contributed by atoms with Gasteiger partial charge in [0.05, 0.1) is 11.0 Å². The lowest BCUT2D eigenvalue weighted by molar-refractivity contribution is 1.03. The molecular weight excluding hydrogens is 258 g/mol. The van der Waals surface area contributed by atoms with Crippen LogP contribution in [0.1, 0.15) is 0 Å². The van der Waals surface area contributed by atoms with Crippen LogP contribution >= 0.6 is 0 Å². The van der Waals surface area contributed by atoms with Crippen LogP contribution in [-0.4, -0.2) is 14.5 Å². The standard InChI is InChI=1S/C18H13N3/c1-2-8-14(9-3-1)18-20-15-10-4-5-11-16(15)21(18)17-12-6-7-13-19-17/h1-13H. The zero-order valence-electron chi connectivity index (χ0n) is 11.3. The molecule has 0 saturated heterocycles. The van der Waals surface area contributed by atoms with Gasteiger partial charge in [-0.15, -0.1) is 0 Å². The Balaban J connectivity index is 2.07. The largest absolute Gasteiger partial charge is 0.276 e. The Labute approximate surface area is 122 Å². The second-order valence-corrected chi connectivity index (χ2v) is 4.81. The number of benzene rings is 2. The molecule has 2 aromatic carbocycles. The smallest absolute Gasteiger partial charge is 0.146 e. The fourth-order valence-corrected chi connectivity index (χ4v) is 2.52. The molecule has 0 aliphatic heterocycles. The zero-order valence-corrected chi connectivity index (χ0v) is 11.3. The van der Waals surface area contributed by atoms with Crippen LogP contribution in [0, 0.1) is 0 Å². The third kappa shape index (κ3) is 1.99. The van der Waals surface area contributed by atoms with Gasteiger partial charge < -0.3 is 0 Å². The van der Waals surface area contributed by atoms with E-state index in [9.17, 15) is 0 Å². The Morgan fingerprint density at radius 1 is 0.714 bits per heavy atom. The molecule has 0 saturated carbocycles. The summed E-state index contributed by atoms with van der Waals surface area (Å²) in [5.74, 6) is 1.79. The van der Waals surface area contributed by atoms with Crippen molar-refractivity contribution in [3.63, 3.8) is 0 Å². The highest BCUT2D eigenvalue weighted by molar-refractivity contribution is 5.82. The van der Waals surface area contributed by atoms with Crippen LogP contribution in [0.3, 0.4) is 0 Å². The van der Waals surface area contributed by atoms with E-state index in [-0.39, 0.29) is 0 Å². The minimum absolute atomic E-state index is 0.880. The lowest BCUT2D eigenvalue weighted by atomic mass is 10.2. The number of imidazole rings is 1. The van der Waals surface area contributed by atoms with Crippen molar-refractivity contribution in [2.24, 2.45) is 0 Å². The van der Waals surface area contributed by atoms with Crippen LogP contribution in [0.5, 0.6) is 0 Å². The van der Waals surface area contributed by atoms with E-state index in [1.807, 2.05) is 54.6 Å². The molecule has 4 rings (SSSR count). The van der Waals surface area contributed by atoms with Gasteiger partial charge in [-0.2, -0.15) is 0 Å². The summed E-state index contributed by atoms with van der Waals surface area (Å²) in [6, 6.07) is 24.3. The van der Waals surface area contributed by atoms with Gasteiger partial charge >= 0.3 is 0 Å². The summed E-state index contributed by atoms with van der Waals surface area (Å²) in [7, 11) is 0. The van der Waals surface area contributed by atoms with Crippen molar-refractivity contribution in [3.8, 4) is 17.2 Å². The summed E-state index contributed by atoms with van der Waals surface area (Å²) in [5, 5.41) is 0. The summed E-state index contributed by atoms with van der Waals surface area (Å²) >= 11 is 0. The Morgan fingerprint density at radius 2 is 1.48 bits per heavy atom. The number of pyridine rings is 1. The molecule has 0 aliphatic rings. The average molecular weight is 271 g/mol. The van der Waals surface area contributed by atoms with E-state index in [1.165, 1.54) is 0 Å². The Morgan fingerprint density at radius 3 is 2.29 bits per heavy atom. The predicted molar refractivity (Wildman–Crippen MR) is 84.3 cm³/mol. The van der Waals surface area contributed by atoms with Gasteiger partial charge in [0.2, 0.25) is 0 Å². The monoisotopic (exact) mass is 271 g/mol. The van der Waals surface area contributed by atoms with Gasteiger partial charge in [-0.25, -0.2) is 9.97 Å². The van der Waals surface area contributed by atoms with Crippen molar-refractivity contribution >= 4 is 11.0 Å². The molecule has 100 valence electrons. The predicted octanol–water partition coefficient (Wildman–Crippen LogP) is 4.09. The highest BCUT2D eigenvalue weighted by atomic mass is 15.1. The van der Waals surface area contributed by atoms with Crippen molar-refractivity contribution in [2.75, 3.05) is 0 Å². The maximum Gasteiger partial charge on any atom is 0.146 e. The first-order valence-corrected chi connectivity index (χ1v) is 6.88. The molecule has 21 heavy (non-hydrogen) atoms. The average Bonchev–Trinajstić information content (AvgIpc) is 2.96. The summed E-state index contributed by atoms with van der Waals surface area (Å²) < 4.78 is 2.10. The van der Waals surface area contributed by atoms with Crippen molar-refractivity contribution < 1.29 is 0 Å². The second kappa shape index (κ2) is 4.87. The first-order valence-electron chi connectivity index (χ1n) is 6.88. The van der Waals surface area contributed by atoms with Gasteiger partial charge in [-0.05, 0) is 24.3 Å². The molecule has 0 unspecified atom stereocenters. The first kappa shape index (κ1) is 11.9. The van der Waals surface area contributed by atoms with Crippen LogP contribution in [0.15, 0.2) is 79.0 Å². The van der Waals surface area contributed by atoms with E-state index >= 15 is 0 Å². The second-order valence-electron chi connectivity index (χ2n) is 4.81. The van der Waals surface area contributed by atoms with Gasteiger partial charge in [0, 0.05) is 11.8 Å². The molecule has 0 aliphatic carbocycles. The van der Waals surface area contributed by atoms with Crippen molar-refractivity contribution in [1.82, 2.24) is 14.5 Å². The van der Waals surface area contributed by atoms with E-state index in [1.54, 1.807) is 6.20 Å². The van der Waals surface area contributed by atoms with E-state index in [4.69, 9.17) is 4.98 Å². The molecule has 0 radical (unpaired) electrons. The Kier molecular flexibility index (Phi) is 2.75. The fraction of sp³-hybridized carbons (Fsp3) is 0. The molecule has 4 aromatic rings. The van der Waals surface area contributed by atoms with Gasteiger partial charge in [0.15, 0.2) is 0 Å². The zero-order chi connectivity index (χ0) is 14.1. The normalized spacial score (nSPS) is 10.9. The SMILES string of the molecule is c1ccc(-c2nc3ccccc3n2-c2ccccn2)cc1. The third-order valence-electron chi connectivity index (χ3n) is 3.47. The van der Waals surface area contributed by atoms with Crippen LogP contribution < -0.4 is 0 Å². The number of hydrogen-bond acceptors (Lipinski definition) is 2.